The highest BCUT2D eigenvalue weighted by Gasteiger charge is 2.19. The molecular weight excluding hydrogens is 328 g/mol. The number of aromatic hydroxyl groups is 2. The molecule has 1 saturated carbocycles. The summed E-state index contributed by atoms with van der Waals surface area (Å²) < 4.78 is 5.47. The average molecular weight is 354 g/mol. The zero-order chi connectivity index (χ0) is 18.8. The van der Waals surface area contributed by atoms with Gasteiger partial charge in [0.05, 0.1) is 0 Å². The van der Waals surface area contributed by atoms with Crippen LogP contribution in [0, 0.1) is 18.8 Å². The Morgan fingerprint density at radius 1 is 1.00 bits per heavy atom. The van der Waals surface area contributed by atoms with E-state index in [1.54, 1.807) is 12.1 Å². The molecule has 0 amide bonds. The quantitative estimate of drug-likeness (QED) is 0.527. The Labute approximate surface area is 153 Å². The first-order valence-corrected chi connectivity index (χ1v) is 9.27. The molecule has 2 N–H and O–H groups in total. The highest BCUT2D eigenvalue weighted by molar-refractivity contribution is 5.91. The van der Waals surface area contributed by atoms with Crippen LogP contribution in [0.15, 0.2) is 39.5 Å². The van der Waals surface area contributed by atoms with Crippen molar-refractivity contribution in [2.45, 2.75) is 46.5 Å². The Kier molecular flexibility index (Phi) is 5.21. The molecule has 2 atom stereocenters. The molecule has 1 aliphatic heterocycles. The van der Waals surface area contributed by atoms with Crippen LogP contribution in [0.5, 0.6) is 11.5 Å². The Morgan fingerprint density at radius 2 is 1.65 bits per heavy atom. The third-order valence-electron chi connectivity index (χ3n) is 5.64. The van der Waals surface area contributed by atoms with Gasteiger partial charge in [0, 0.05) is 10.9 Å². The van der Waals surface area contributed by atoms with Crippen molar-refractivity contribution in [3.8, 4) is 22.8 Å². The smallest absolute Gasteiger partial charge is 0.224 e. The molecule has 0 radical (unpaired) electrons. The van der Waals surface area contributed by atoms with Gasteiger partial charge in [-0.05, 0) is 42.5 Å². The Hall–Kier alpha value is -2.49. The van der Waals surface area contributed by atoms with Crippen LogP contribution in [-0.2, 0) is 0 Å². The fourth-order valence-electron chi connectivity index (χ4n) is 3.63. The summed E-state index contributed by atoms with van der Waals surface area (Å²) in [6, 6.07) is 7.94. The van der Waals surface area contributed by atoms with Gasteiger partial charge in [-0.2, -0.15) is 0 Å². The summed E-state index contributed by atoms with van der Waals surface area (Å²) in [6.07, 6.45) is 5.90. The second-order valence-electron chi connectivity index (χ2n) is 7.41. The molecule has 1 fully saturated rings. The van der Waals surface area contributed by atoms with Gasteiger partial charge in [0.15, 0.2) is 17.1 Å². The SMILES string of the molecule is CC1CCCC[C@H]1C.Cc1c2ccc(=O)c(O)c-2oc2c(O)cccc12. The molecule has 3 aliphatic rings. The third kappa shape index (κ3) is 3.41. The van der Waals surface area contributed by atoms with E-state index in [0.29, 0.717) is 5.56 Å². The molecule has 1 aromatic carbocycles. The van der Waals surface area contributed by atoms with E-state index < -0.39 is 11.2 Å². The molecule has 26 heavy (non-hydrogen) atoms. The molecule has 1 unspecified atom stereocenters. The van der Waals surface area contributed by atoms with Crippen LogP contribution in [0.4, 0.5) is 0 Å². The lowest BCUT2D eigenvalue weighted by molar-refractivity contribution is 0.277. The number of fused-ring (bicyclic) bond motifs is 2. The molecule has 4 nitrogen and oxygen atoms in total. The number of aryl methyl sites for hydroxylation is 1. The van der Waals surface area contributed by atoms with Crippen LogP contribution in [0.25, 0.3) is 22.3 Å². The van der Waals surface area contributed by atoms with Gasteiger partial charge in [-0.15, -0.1) is 0 Å². The van der Waals surface area contributed by atoms with Crippen molar-refractivity contribution in [3.63, 3.8) is 0 Å². The minimum atomic E-state index is -0.500. The first-order valence-electron chi connectivity index (χ1n) is 9.27. The van der Waals surface area contributed by atoms with Crippen LogP contribution in [0.1, 0.15) is 45.1 Å². The second-order valence-corrected chi connectivity index (χ2v) is 7.41. The van der Waals surface area contributed by atoms with E-state index in [-0.39, 0.29) is 17.1 Å². The molecule has 4 rings (SSSR count). The summed E-state index contributed by atoms with van der Waals surface area (Å²) in [7, 11) is 0. The van der Waals surface area contributed by atoms with Gasteiger partial charge < -0.3 is 14.6 Å². The van der Waals surface area contributed by atoms with Crippen molar-refractivity contribution in [3.05, 3.63) is 46.1 Å². The number of rotatable bonds is 0. The standard InChI is InChI=1S/C14H10O4.C8H16/c1-7-8-3-2-4-11(16)13(8)18-14-9(7)5-6-10(15)12(14)17;1-7-5-3-4-6-8(7)2/h2-6,16-17H,1H3;7-8H,3-6H2,1-2H3/t;7-,8?/m.1/s1. The normalized spacial score (nSPS) is 20.0. The van der Waals surface area contributed by atoms with Gasteiger partial charge in [0.1, 0.15) is 0 Å². The van der Waals surface area contributed by atoms with Crippen molar-refractivity contribution in [1.82, 2.24) is 0 Å². The average Bonchev–Trinajstić information content (AvgIpc) is 2.63. The van der Waals surface area contributed by atoms with Gasteiger partial charge >= 0.3 is 0 Å². The molecule has 0 spiro atoms. The fraction of sp³-hybridized carbons (Fsp3) is 0.409. The molecule has 0 saturated heterocycles. The highest BCUT2D eigenvalue weighted by Crippen LogP contribution is 2.38. The van der Waals surface area contributed by atoms with Crippen molar-refractivity contribution in [1.29, 1.82) is 0 Å². The summed E-state index contributed by atoms with van der Waals surface area (Å²) in [5.74, 6) is 1.66. The minimum absolute atomic E-state index is 0.0202. The molecule has 4 heteroatoms. The van der Waals surface area contributed by atoms with E-state index in [4.69, 9.17) is 4.42 Å². The van der Waals surface area contributed by atoms with Crippen LogP contribution < -0.4 is 5.43 Å². The second kappa shape index (κ2) is 7.40. The minimum Gasteiger partial charge on any atom is -0.504 e. The Bertz CT molecular complexity index is 931. The van der Waals surface area contributed by atoms with Gasteiger partial charge in [0.2, 0.25) is 11.2 Å². The maximum Gasteiger partial charge on any atom is 0.224 e. The monoisotopic (exact) mass is 354 g/mol. The molecule has 1 aromatic rings. The first-order chi connectivity index (χ1) is 12.4. The number of phenols is 2. The lowest BCUT2D eigenvalue weighted by Crippen LogP contribution is -2.12. The lowest BCUT2D eigenvalue weighted by atomic mass is 9.82. The molecule has 2 aliphatic carbocycles. The van der Waals surface area contributed by atoms with Crippen LogP contribution in [-0.4, -0.2) is 10.2 Å². The van der Waals surface area contributed by atoms with Gasteiger partial charge in [0.25, 0.3) is 0 Å². The van der Waals surface area contributed by atoms with Crippen LogP contribution in [0.2, 0.25) is 0 Å². The van der Waals surface area contributed by atoms with E-state index in [1.807, 2.05) is 13.0 Å². The summed E-state index contributed by atoms with van der Waals surface area (Å²) in [4.78, 5) is 11.4. The van der Waals surface area contributed by atoms with Crippen LogP contribution in [0.3, 0.4) is 0 Å². The zero-order valence-electron chi connectivity index (χ0n) is 15.6. The summed E-state index contributed by atoms with van der Waals surface area (Å²) in [5.41, 5.74) is 1.27. The van der Waals surface area contributed by atoms with Crippen molar-refractivity contribution in [2.24, 2.45) is 11.8 Å². The van der Waals surface area contributed by atoms with E-state index >= 15 is 0 Å². The molecule has 138 valence electrons. The van der Waals surface area contributed by atoms with E-state index in [9.17, 15) is 15.0 Å². The zero-order valence-corrected chi connectivity index (χ0v) is 15.6. The van der Waals surface area contributed by atoms with Crippen molar-refractivity contribution < 1.29 is 14.6 Å². The molecule has 1 heterocycles. The predicted octanol–water partition coefficient (Wildman–Crippen LogP) is 5.45. The molecule has 0 aromatic heterocycles. The van der Waals surface area contributed by atoms with Gasteiger partial charge in [-0.25, -0.2) is 0 Å². The van der Waals surface area contributed by atoms with Crippen LogP contribution >= 0.6 is 0 Å². The van der Waals surface area contributed by atoms with Gasteiger partial charge in [-0.3, -0.25) is 4.79 Å². The maximum atomic E-state index is 11.4. The molecule has 0 bridgehead atoms. The van der Waals surface area contributed by atoms with Crippen molar-refractivity contribution in [2.75, 3.05) is 0 Å². The highest BCUT2D eigenvalue weighted by atomic mass is 16.4. The number of hydrogen-bond acceptors (Lipinski definition) is 4. The number of phenolic OH excluding ortho intramolecular Hbond substituents is 2. The van der Waals surface area contributed by atoms with E-state index in [0.717, 1.165) is 22.8 Å². The van der Waals surface area contributed by atoms with E-state index in [1.165, 1.54) is 37.8 Å². The topological polar surface area (TPSA) is 70.7 Å². The predicted molar refractivity (Wildman–Crippen MR) is 104 cm³/mol. The summed E-state index contributed by atoms with van der Waals surface area (Å²) in [6.45, 7) is 6.61. The lowest BCUT2D eigenvalue weighted by Gasteiger charge is -2.24. The van der Waals surface area contributed by atoms with Crippen molar-refractivity contribution >= 4 is 11.0 Å². The summed E-state index contributed by atoms with van der Waals surface area (Å²) >= 11 is 0. The molecular formula is C22H26O4. The maximum absolute atomic E-state index is 11.4. The number of hydrogen-bond donors (Lipinski definition) is 2. The first kappa shape index (κ1) is 18.3. The number of benzene rings is 2. The van der Waals surface area contributed by atoms with E-state index in [2.05, 4.69) is 13.8 Å². The largest absolute Gasteiger partial charge is 0.504 e. The third-order valence-corrected chi connectivity index (χ3v) is 5.64. The fourth-order valence-corrected chi connectivity index (χ4v) is 3.63. The Morgan fingerprint density at radius 3 is 2.27 bits per heavy atom. The van der Waals surface area contributed by atoms with Gasteiger partial charge in [-0.1, -0.05) is 51.7 Å². The summed E-state index contributed by atoms with van der Waals surface area (Å²) in [5, 5.41) is 20.3. The number of para-hydroxylation sites is 1. The Balaban J connectivity index is 0.000000206.